The lowest BCUT2D eigenvalue weighted by Gasteiger charge is -2.29. The molecule has 2 aromatic carbocycles. The van der Waals surface area contributed by atoms with Gasteiger partial charge in [0, 0.05) is 25.2 Å². The van der Waals surface area contributed by atoms with Gasteiger partial charge in [0.2, 0.25) is 5.91 Å². The Balaban J connectivity index is 1.83. The van der Waals surface area contributed by atoms with Crippen LogP contribution in [0.2, 0.25) is 0 Å². The predicted octanol–water partition coefficient (Wildman–Crippen LogP) is 3.16. The van der Waals surface area contributed by atoms with E-state index in [4.69, 9.17) is 0 Å². The third-order valence-electron chi connectivity index (χ3n) is 7.39. The lowest BCUT2D eigenvalue weighted by Crippen LogP contribution is -2.58. The van der Waals surface area contributed by atoms with Crippen LogP contribution in [0.25, 0.3) is 0 Å². The molecule has 0 radical (unpaired) electrons. The summed E-state index contributed by atoms with van der Waals surface area (Å²) >= 11 is 0. The highest BCUT2D eigenvalue weighted by Gasteiger charge is 2.45. The summed E-state index contributed by atoms with van der Waals surface area (Å²) in [6, 6.07) is 3.79. The Kier molecular flexibility index (Phi) is 11.7. The van der Waals surface area contributed by atoms with E-state index in [2.05, 4.69) is 21.3 Å². The van der Waals surface area contributed by atoms with Gasteiger partial charge in [-0.25, -0.2) is 22.0 Å². The number of urea groups is 1. The maximum Gasteiger partial charge on any atom is 0.416 e. The van der Waals surface area contributed by atoms with Crippen molar-refractivity contribution in [3.05, 3.63) is 70.8 Å². The molecule has 3 rings (SSSR count). The molecule has 3 amide bonds. The van der Waals surface area contributed by atoms with Crippen molar-refractivity contribution in [2.45, 2.75) is 68.9 Å². The van der Waals surface area contributed by atoms with Crippen molar-refractivity contribution in [2.75, 3.05) is 25.1 Å². The molecule has 3 atom stereocenters. The predicted molar refractivity (Wildman–Crippen MR) is 153 cm³/mol. The van der Waals surface area contributed by atoms with Crippen molar-refractivity contribution < 1.29 is 45.1 Å². The third-order valence-corrected chi connectivity index (χ3v) is 9.14. The summed E-state index contributed by atoms with van der Waals surface area (Å²) < 4.78 is 93.1. The second-order valence-electron chi connectivity index (χ2n) is 10.9. The molecule has 0 bridgehead atoms. The first kappa shape index (κ1) is 35.2. The average Bonchev–Trinajstić information content (AvgIpc) is 3.74. The van der Waals surface area contributed by atoms with E-state index in [-0.39, 0.29) is 24.3 Å². The van der Waals surface area contributed by atoms with Gasteiger partial charge in [0.05, 0.1) is 29.2 Å². The Morgan fingerprint density at radius 2 is 1.70 bits per heavy atom. The van der Waals surface area contributed by atoms with Crippen LogP contribution in [0.1, 0.15) is 49.3 Å². The Morgan fingerprint density at radius 3 is 2.27 bits per heavy atom. The van der Waals surface area contributed by atoms with E-state index in [0.29, 0.717) is 37.3 Å². The van der Waals surface area contributed by atoms with Gasteiger partial charge >= 0.3 is 12.2 Å². The third kappa shape index (κ3) is 10.1. The van der Waals surface area contributed by atoms with Crippen LogP contribution in [-0.4, -0.2) is 68.7 Å². The first-order chi connectivity index (χ1) is 20.6. The number of sulfone groups is 1. The van der Waals surface area contributed by atoms with Gasteiger partial charge in [0.1, 0.15) is 17.7 Å². The molecular weight excluding hydrogens is 611 g/mol. The molecule has 0 unspecified atom stereocenters. The number of unbranched alkanes of at least 4 members (excludes halogenated alkanes) is 1. The first-order valence-corrected chi connectivity index (χ1v) is 15.9. The number of rotatable bonds is 15. The summed E-state index contributed by atoms with van der Waals surface area (Å²) in [5, 5.41) is 21.3. The van der Waals surface area contributed by atoms with E-state index < -0.39 is 74.6 Å². The molecule has 0 aromatic heterocycles. The average molecular weight is 649 g/mol. The molecule has 15 heteroatoms. The maximum atomic E-state index is 14.0. The fourth-order valence-corrected chi connectivity index (χ4v) is 6.43. The van der Waals surface area contributed by atoms with Crippen LogP contribution in [0, 0.1) is 11.6 Å². The van der Waals surface area contributed by atoms with Crippen molar-refractivity contribution in [2.24, 2.45) is 0 Å². The highest BCUT2D eigenvalue weighted by molar-refractivity contribution is 7.91. The molecule has 44 heavy (non-hydrogen) atoms. The second-order valence-corrected chi connectivity index (χ2v) is 13.2. The van der Waals surface area contributed by atoms with Gasteiger partial charge in [-0.15, -0.1) is 0 Å². The standard InChI is InChI=1S/C29H37F5N4O5S/c1-3-4-10-44(42,43)17-24(38-27(41)35-2)26(40)37-23(13-18-11-21(30)15-22(31)12-18)25(39)16-36-28(8-9-28)19-6-5-7-20(14-19)29(32,33)34/h5-7,11-12,14-15,23-25,36,39H,3-4,8-10,13,16-17H2,1-2H3,(H,37,40)(H2,35,38,41)/t23-,24+,25+/m0/s1. The SMILES string of the molecule is CCCCS(=O)(=O)C[C@@H](NC(=O)NC)C(=O)N[C@@H](Cc1cc(F)cc(F)c1)[C@H](O)CNC1(c2cccc(C(F)(F)F)c2)CC1. The number of carbonyl (C=O) groups excluding carboxylic acids is 2. The van der Waals surface area contributed by atoms with Crippen LogP contribution in [-0.2, 0) is 32.8 Å². The lowest BCUT2D eigenvalue weighted by atomic mass is 9.98. The van der Waals surface area contributed by atoms with Crippen molar-refractivity contribution in [1.82, 2.24) is 21.3 Å². The number of halogens is 5. The van der Waals surface area contributed by atoms with E-state index >= 15 is 0 Å². The minimum atomic E-state index is -4.55. The van der Waals surface area contributed by atoms with Crippen molar-refractivity contribution in [1.29, 1.82) is 0 Å². The number of aliphatic hydroxyl groups excluding tert-OH is 1. The molecular formula is C29H37F5N4O5S. The summed E-state index contributed by atoms with van der Waals surface area (Å²) in [5.41, 5.74) is -1.26. The maximum absolute atomic E-state index is 14.0. The zero-order chi connectivity index (χ0) is 32.7. The minimum Gasteiger partial charge on any atom is -0.390 e. The van der Waals surface area contributed by atoms with Crippen molar-refractivity contribution >= 4 is 21.8 Å². The van der Waals surface area contributed by atoms with Gasteiger partial charge in [-0.3, -0.25) is 4.79 Å². The topological polar surface area (TPSA) is 137 Å². The zero-order valence-corrected chi connectivity index (χ0v) is 25.1. The van der Waals surface area contributed by atoms with Crippen LogP contribution in [0.15, 0.2) is 42.5 Å². The van der Waals surface area contributed by atoms with Crippen LogP contribution >= 0.6 is 0 Å². The van der Waals surface area contributed by atoms with E-state index in [0.717, 1.165) is 24.3 Å². The molecule has 5 N–H and O–H groups in total. The zero-order valence-electron chi connectivity index (χ0n) is 24.3. The van der Waals surface area contributed by atoms with E-state index in [1.165, 1.54) is 19.2 Å². The van der Waals surface area contributed by atoms with E-state index in [9.17, 15) is 45.1 Å². The number of hydrogen-bond donors (Lipinski definition) is 5. The van der Waals surface area contributed by atoms with Crippen LogP contribution in [0.4, 0.5) is 26.7 Å². The summed E-state index contributed by atoms with van der Waals surface area (Å²) in [6.07, 6.45) is -4.44. The number of nitrogens with one attached hydrogen (secondary N) is 4. The molecule has 0 heterocycles. The largest absolute Gasteiger partial charge is 0.416 e. The molecule has 9 nitrogen and oxygen atoms in total. The first-order valence-electron chi connectivity index (χ1n) is 14.1. The number of amides is 3. The molecule has 0 aliphatic heterocycles. The van der Waals surface area contributed by atoms with Crippen molar-refractivity contribution in [3.8, 4) is 0 Å². The van der Waals surface area contributed by atoms with Crippen LogP contribution in [0.3, 0.4) is 0 Å². The highest BCUT2D eigenvalue weighted by Crippen LogP contribution is 2.46. The molecule has 1 saturated carbocycles. The molecule has 1 aliphatic rings. The highest BCUT2D eigenvalue weighted by atomic mass is 32.2. The smallest absolute Gasteiger partial charge is 0.390 e. The normalized spacial score (nSPS) is 16.5. The van der Waals surface area contributed by atoms with E-state index in [1.807, 2.05) is 0 Å². The molecule has 1 aliphatic carbocycles. The van der Waals surface area contributed by atoms with Gasteiger partial charge in [0.25, 0.3) is 0 Å². The minimum absolute atomic E-state index is 0.0669. The van der Waals surface area contributed by atoms with Gasteiger partial charge in [-0.1, -0.05) is 25.5 Å². The Hall–Kier alpha value is -3.30. The monoisotopic (exact) mass is 648 g/mol. The van der Waals surface area contributed by atoms with Gasteiger partial charge in [0.15, 0.2) is 9.84 Å². The van der Waals surface area contributed by atoms with Gasteiger partial charge in [-0.2, -0.15) is 13.2 Å². The molecule has 1 fully saturated rings. The van der Waals surface area contributed by atoms with E-state index in [1.54, 1.807) is 6.92 Å². The Bertz CT molecular complexity index is 1400. The summed E-state index contributed by atoms with van der Waals surface area (Å²) in [4.78, 5) is 25.4. The van der Waals surface area contributed by atoms with Crippen LogP contribution in [0.5, 0.6) is 0 Å². The number of carbonyl (C=O) groups is 2. The van der Waals surface area contributed by atoms with Gasteiger partial charge < -0.3 is 26.4 Å². The quantitative estimate of drug-likeness (QED) is 0.188. The molecule has 2 aromatic rings. The number of benzene rings is 2. The fraction of sp³-hybridized carbons (Fsp3) is 0.517. The Labute approximate surface area is 252 Å². The van der Waals surface area contributed by atoms with Gasteiger partial charge in [-0.05, 0) is 61.1 Å². The van der Waals surface area contributed by atoms with Crippen molar-refractivity contribution in [3.63, 3.8) is 0 Å². The Morgan fingerprint density at radius 1 is 1.05 bits per heavy atom. The number of alkyl halides is 3. The number of aliphatic hydroxyl groups is 1. The molecule has 0 spiro atoms. The van der Waals surface area contributed by atoms with Crippen LogP contribution < -0.4 is 21.3 Å². The second kappa shape index (κ2) is 14.7. The summed E-state index contributed by atoms with van der Waals surface area (Å²) in [7, 11) is -2.52. The summed E-state index contributed by atoms with van der Waals surface area (Å²) in [6.45, 7) is 1.54. The fourth-order valence-electron chi connectivity index (χ4n) is 4.79. The lowest BCUT2D eigenvalue weighted by molar-refractivity contribution is -0.137. The molecule has 244 valence electrons. The summed E-state index contributed by atoms with van der Waals surface area (Å²) in [5.74, 6) is -3.73. The molecule has 0 saturated heterocycles. The number of hydrogen-bond acceptors (Lipinski definition) is 6.